The third-order valence-corrected chi connectivity index (χ3v) is 4.32. The molecule has 0 amide bonds. The quantitative estimate of drug-likeness (QED) is 0.797. The fourth-order valence-electron chi connectivity index (χ4n) is 3.37. The maximum absolute atomic E-state index is 5.61. The minimum Gasteiger partial charge on any atom is -0.379 e. The van der Waals surface area contributed by atoms with Gasteiger partial charge in [0.2, 0.25) is 0 Å². The van der Waals surface area contributed by atoms with Gasteiger partial charge in [0.25, 0.3) is 0 Å². The number of nitrogens with one attached hydrogen (secondary N) is 1. The summed E-state index contributed by atoms with van der Waals surface area (Å²) in [6, 6.07) is 0. The molecular formula is C14H29NO. The molecule has 2 atom stereocenters. The first kappa shape index (κ1) is 14.0. The van der Waals surface area contributed by atoms with Crippen LogP contribution in [0.2, 0.25) is 0 Å². The van der Waals surface area contributed by atoms with Crippen molar-refractivity contribution in [2.24, 2.45) is 17.3 Å². The molecule has 1 heterocycles. The van der Waals surface area contributed by atoms with E-state index in [1.54, 1.807) is 0 Å². The molecule has 1 rings (SSSR count). The van der Waals surface area contributed by atoms with Crippen molar-refractivity contribution in [1.82, 2.24) is 5.32 Å². The fraction of sp³-hybridized carbons (Fsp3) is 1.00. The van der Waals surface area contributed by atoms with Gasteiger partial charge in [-0.3, -0.25) is 0 Å². The molecule has 16 heavy (non-hydrogen) atoms. The van der Waals surface area contributed by atoms with Gasteiger partial charge < -0.3 is 10.1 Å². The van der Waals surface area contributed by atoms with Crippen LogP contribution in [0.5, 0.6) is 0 Å². The zero-order chi connectivity index (χ0) is 12.4. The Kier molecular flexibility index (Phi) is 4.42. The number of hydrogen-bond donors (Lipinski definition) is 1. The van der Waals surface area contributed by atoms with Crippen molar-refractivity contribution in [1.29, 1.82) is 0 Å². The molecule has 0 bridgehead atoms. The predicted octanol–water partition coefficient (Wildman–Crippen LogP) is 3.07. The first-order valence-corrected chi connectivity index (χ1v) is 6.57. The minimum atomic E-state index is -0.000764. The maximum Gasteiger partial charge on any atom is 0.0628 e. The van der Waals surface area contributed by atoms with Crippen LogP contribution in [0.3, 0.4) is 0 Å². The lowest BCUT2D eigenvalue weighted by molar-refractivity contribution is -0.0482. The van der Waals surface area contributed by atoms with Crippen LogP contribution in [-0.4, -0.2) is 25.8 Å². The molecule has 1 saturated heterocycles. The molecule has 0 aromatic carbocycles. The third kappa shape index (κ3) is 3.21. The van der Waals surface area contributed by atoms with Crippen LogP contribution in [0.25, 0.3) is 0 Å². The van der Waals surface area contributed by atoms with Gasteiger partial charge in [-0.2, -0.15) is 0 Å². The lowest BCUT2D eigenvalue weighted by Crippen LogP contribution is -2.49. The summed E-state index contributed by atoms with van der Waals surface area (Å²) >= 11 is 0. The molecule has 0 aromatic heterocycles. The normalized spacial score (nSPS) is 32.1. The zero-order valence-corrected chi connectivity index (χ0v) is 11.9. The van der Waals surface area contributed by atoms with E-state index in [-0.39, 0.29) is 5.60 Å². The summed E-state index contributed by atoms with van der Waals surface area (Å²) in [5, 5.41) is 3.53. The van der Waals surface area contributed by atoms with Gasteiger partial charge in [-0.1, -0.05) is 20.8 Å². The van der Waals surface area contributed by atoms with Crippen LogP contribution >= 0.6 is 0 Å². The Labute approximate surface area is 101 Å². The first-order valence-electron chi connectivity index (χ1n) is 6.57. The van der Waals surface area contributed by atoms with E-state index in [4.69, 9.17) is 4.74 Å². The summed E-state index contributed by atoms with van der Waals surface area (Å²) in [6.07, 6.45) is 2.42. The second-order valence-electron chi connectivity index (χ2n) is 6.60. The number of rotatable bonds is 4. The molecule has 96 valence electrons. The Balaban J connectivity index is 2.78. The number of ether oxygens (including phenoxy) is 1. The van der Waals surface area contributed by atoms with E-state index in [1.165, 1.54) is 6.42 Å². The number of methoxy groups -OCH3 is 1. The third-order valence-electron chi connectivity index (χ3n) is 4.32. The van der Waals surface area contributed by atoms with Crippen molar-refractivity contribution in [2.45, 2.75) is 53.1 Å². The molecule has 2 nitrogen and oxygen atoms in total. The monoisotopic (exact) mass is 227 g/mol. The first-order chi connectivity index (χ1) is 7.31. The standard InChI is InChI=1S/C14H29NO/c1-11(2)12-9-15-8-7-14(12,5)10-13(3,4)16-6/h11-12,15H,7-10H2,1-6H3. The lowest BCUT2D eigenvalue weighted by Gasteiger charge is -2.47. The van der Waals surface area contributed by atoms with Gasteiger partial charge in [-0.05, 0) is 57.0 Å². The molecule has 1 fully saturated rings. The zero-order valence-electron chi connectivity index (χ0n) is 11.9. The van der Waals surface area contributed by atoms with Crippen LogP contribution in [0.4, 0.5) is 0 Å². The topological polar surface area (TPSA) is 21.3 Å². The highest BCUT2D eigenvalue weighted by Gasteiger charge is 2.41. The minimum absolute atomic E-state index is 0.000764. The Morgan fingerprint density at radius 3 is 2.56 bits per heavy atom. The summed E-state index contributed by atoms with van der Waals surface area (Å²) in [5.41, 5.74) is 0.415. The second kappa shape index (κ2) is 5.05. The Bertz CT molecular complexity index is 225. The maximum atomic E-state index is 5.61. The molecule has 1 N–H and O–H groups in total. The van der Waals surface area contributed by atoms with Crippen LogP contribution < -0.4 is 5.32 Å². The molecule has 0 saturated carbocycles. The summed E-state index contributed by atoms with van der Waals surface area (Å²) in [6.45, 7) is 13.9. The fourth-order valence-corrected chi connectivity index (χ4v) is 3.37. The smallest absolute Gasteiger partial charge is 0.0628 e. The van der Waals surface area contributed by atoms with Crippen molar-refractivity contribution in [3.05, 3.63) is 0 Å². The highest BCUT2D eigenvalue weighted by Crippen LogP contribution is 2.44. The van der Waals surface area contributed by atoms with Crippen molar-refractivity contribution < 1.29 is 4.74 Å². The summed E-state index contributed by atoms with van der Waals surface area (Å²) in [4.78, 5) is 0. The number of piperidine rings is 1. The van der Waals surface area contributed by atoms with Gasteiger partial charge in [-0.15, -0.1) is 0 Å². The Morgan fingerprint density at radius 2 is 2.06 bits per heavy atom. The summed E-state index contributed by atoms with van der Waals surface area (Å²) < 4.78 is 5.61. The highest BCUT2D eigenvalue weighted by atomic mass is 16.5. The van der Waals surface area contributed by atoms with Gasteiger partial charge in [0.05, 0.1) is 5.60 Å². The van der Waals surface area contributed by atoms with Crippen molar-refractivity contribution in [3.8, 4) is 0 Å². The highest BCUT2D eigenvalue weighted by molar-refractivity contribution is 4.93. The average molecular weight is 227 g/mol. The van der Waals surface area contributed by atoms with E-state index in [0.717, 1.165) is 31.3 Å². The van der Waals surface area contributed by atoms with Gasteiger partial charge in [0.15, 0.2) is 0 Å². The number of hydrogen-bond acceptors (Lipinski definition) is 2. The van der Waals surface area contributed by atoms with E-state index in [1.807, 2.05) is 7.11 Å². The van der Waals surface area contributed by atoms with Gasteiger partial charge in [0.1, 0.15) is 0 Å². The van der Waals surface area contributed by atoms with E-state index in [0.29, 0.717) is 5.41 Å². The molecule has 0 spiro atoms. The SMILES string of the molecule is COC(C)(C)CC1(C)CCNCC1C(C)C. The van der Waals surface area contributed by atoms with Gasteiger partial charge >= 0.3 is 0 Å². The van der Waals surface area contributed by atoms with Crippen LogP contribution in [0, 0.1) is 17.3 Å². The molecule has 1 aliphatic heterocycles. The van der Waals surface area contributed by atoms with Crippen molar-refractivity contribution in [3.63, 3.8) is 0 Å². The second-order valence-corrected chi connectivity index (χ2v) is 6.60. The van der Waals surface area contributed by atoms with Gasteiger partial charge in [0, 0.05) is 7.11 Å². The van der Waals surface area contributed by atoms with Gasteiger partial charge in [-0.25, -0.2) is 0 Å². The molecular weight excluding hydrogens is 198 g/mol. The summed E-state index contributed by atoms with van der Waals surface area (Å²) in [5.74, 6) is 1.50. The molecule has 1 aliphatic rings. The summed E-state index contributed by atoms with van der Waals surface area (Å²) in [7, 11) is 1.83. The van der Waals surface area contributed by atoms with Crippen LogP contribution in [0.1, 0.15) is 47.5 Å². The van der Waals surface area contributed by atoms with Crippen molar-refractivity contribution in [2.75, 3.05) is 20.2 Å². The molecule has 0 aromatic rings. The molecule has 2 unspecified atom stereocenters. The van der Waals surface area contributed by atoms with E-state index < -0.39 is 0 Å². The largest absolute Gasteiger partial charge is 0.379 e. The molecule has 0 aliphatic carbocycles. The van der Waals surface area contributed by atoms with E-state index >= 15 is 0 Å². The average Bonchev–Trinajstić information content (AvgIpc) is 2.16. The lowest BCUT2D eigenvalue weighted by atomic mass is 9.63. The Morgan fingerprint density at radius 1 is 1.44 bits per heavy atom. The van der Waals surface area contributed by atoms with Crippen molar-refractivity contribution >= 4 is 0 Å². The van der Waals surface area contributed by atoms with Crippen LogP contribution in [-0.2, 0) is 4.74 Å². The van der Waals surface area contributed by atoms with E-state index in [2.05, 4.69) is 39.9 Å². The van der Waals surface area contributed by atoms with E-state index in [9.17, 15) is 0 Å². The Hall–Kier alpha value is -0.0800. The molecule has 0 radical (unpaired) electrons. The van der Waals surface area contributed by atoms with Crippen LogP contribution in [0.15, 0.2) is 0 Å². The molecule has 2 heteroatoms. The predicted molar refractivity (Wildman–Crippen MR) is 69.6 cm³/mol.